The lowest BCUT2D eigenvalue weighted by molar-refractivity contribution is 0.0735. The van der Waals surface area contributed by atoms with Crippen LogP contribution in [0.1, 0.15) is 68.8 Å². The second kappa shape index (κ2) is 10.1. The molecule has 1 N–H and O–H groups in total. The maximum atomic E-state index is 13.6. The summed E-state index contributed by atoms with van der Waals surface area (Å²) in [5.41, 5.74) is 3.19. The van der Waals surface area contributed by atoms with Crippen LogP contribution in [0.25, 0.3) is 23.1 Å². The fourth-order valence-corrected chi connectivity index (χ4v) is 4.89. The van der Waals surface area contributed by atoms with Gasteiger partial charge in [0, 0.05) is 11.4 Å². The number of nitriles is 1. The molecule has 0 aliphatic heterocycles. The molecule has 3 aromatic rings. The number of aliphatic hydroxyl groups is 1. The molecule has 170 valence electrons. The van der Waals surface area contributed by atoms with Crippen molar-refractivity contribution < 1.29 is 5.11 Å². The van der Waals surface area contributed by atoms with E-state index in [1.165, 1.54) is 0 Å². The fourth-order valence-electron chi connectivity index (χ4n) is 4.89. The second-order valence-corrected chi connectivity index (χ2v) is 8.70. The predicted molar refractivity (Wildman–Crippen MR) is 130 cm³/mol. The summed E-state index contributed by atoms with van der Waals surface area (Å²) in [6.07, 6.45) is 13.0. The molecule has 6 nitrogen and oxygen atoms in total. The van der Waals surface area contributed by atoms with Crippen molar-refractivity contribution in [3.63, 3.8) is 0 Å². The third-order valence-electron chi connectivity index (χ3n) is 6.61. The molecule has 0 radical (unpaired) electrons. The number of pyridine rings is 1. The van der Waals surface area contributed by atoms with E-state index < -0.39 is 6.10 Å². The van der Waals surface area contributed by atoms with Crippen LogP contribution in [0.3, 0.4) is 0 Å². The Bertz CT molecular complexity index is 1370. The summed E-state index contributed by atoms with van der Waals surface area (Å²) in [6.45, 7) is 4.09. The summed E-state index contributed by atoms with van der Waals surface area (Å²) in [5.74, 6) is 0. The molecule has 0 amide bonds. The highest BCUT2D eigenvalue weighted by Crippen LogP contribution is 2.27. The number of aliphatic hydroxyl groups excluding tert-OH is 1. The largest absolute Gasteiger partial charge is 0.391 e. The van der Waals surface area contributed by atoms with Crippen molar-refractivity contribution in [3.8, 4) is 6.07 Å². The van der Waals surface area contributed by atoms with Crippen LogP contribution < -0.4 is 16.0 Å². The Hall–Kier alpha value is -3.30. The zero-order valence-corrected chi connectivity index (χ0v) is 19.3. The van der Waals surface area contributed by atoms with E-state index in [4.69, 9.17) is 10.2 Å². The Balaban J connectivity index is 1.83. The van der Waals surface area contributed by atoms with Crippen molar-refractivity contribution in [3.05, 3.63) is 68.3 Å². The summed E-state index contributed by atoms with van der Waals surface area (Å²) in [6, 6.07) is 7.49. The summed E-state index contributed by atoms with van der Waals surface area (Å²) >= 11 is 0. The van der Waals surface area contributed by atoms with E-state index in [-0.39, 0.29) is 11.6 Å². The lowest BCUT2D eigenvalue weighted by Crippen LogP contribution is -2.37. The van der Waals surface area contributed by atoms with E-state index in [1.807, 2.05) is 31.2 Å². The molecule has 1 saturated carbocycles. The maximum absolute atomic E-state index is 13.6. The number of hydrogen-bond acceptors (Lipinski definition) is 5. The van der Waals surface area contributed by atoms with E-state index >= 15 is 0 Å². The molecule has 33 heavy (non-hydrogen) atoms. The third-order valence-corrected chi connectivity index (χ3v) is 6.61. The van der Waals surface area contributed by atoms with E-state index in [9.17, 15) is 9.90 Å². The monoisotopic (exact) mass is 442 g/mol. The Morgan fingerprint density at radius 3 is 2.70 bits per heavy atom. The SMILES string of the molecule is CC=c1c(=CCC)c(CCc2ccc(C#N)nc2)cc2c(=O)n(C3CCCCC3O)cnc12. The van der Waals surface area contributed by atoms with Gasteiger partial charge in [-0.05, 0) is 67.5 Å². The van der Waals surface area contributed by atoms with Gasteiger partial charge in [0.05, 0.1) is 29.4 Å². The van der Waals surface area contributed by atoms with Gasteiger partial charge in [-0.25, -0.2) is 9.97 Å². The predicted octanol–water partition coefficient (Wildman–Crippen LogP) is 2.92. The summed E-state index contributed by atoms with van der Waals surface area (Å²) in [5, 5.41) is 22.2. The highest BCUT2D eigenvalue weighted by Gasteiger charge is 2.26. The molecule has 4 rings (SSSR count). The van der Waals surface area contributed by atoms with E-state index in [2.05, 4.69) is 18.0 Å². The first kappa shape index (κ1) is 22.9. The lowest BCUT2D eigenvalue weighted by Gasteiger charge is -2.29. The Morgan fingerprint density at radius 2 is 2.03 bits per heavy atom. The average molecular weight is 443 g/mol. The summed E-state index contributed by atoms with van der Waals surface area (Å²) in [4.78, 5) is 22.4. The zero-order chi connectivity index (χ0) is 23.4. The van der Waals surface area contributed by atoms with Gasteiger partial charge in [-0.2, -0.15) is 5.26 Å². The Morgan fingerprint density at radius 1 is 1.21 bits per heavy atom. The van der Waals surface area contributed by atoms with Gasteiger partial charge in [0.25, 0.3) is 5.56 Å². The van der Waals surface area contributed by atoms with Crippen molar-refractivity contribution in [2.45, 2.75) is 70.9 Å². The van der Waals surface area contributed by atoms with Crippen molar-refractivity contribution in [2.75, 3.05) is 0 Å². The third kappa shape index (κ3) is 4.60. The quantitative estimate of drug-likeness (QED) is 0.656. The first-order chi connectivity index (χ1) is 16.1. The molecule has 2 unspecified atom stereocenters. The number of rotatable bonds is 5. The van der Waals surface area contributed by atoms with Crippen molar-refractivity contribution in [2.24, 2.45) is 0 Å². The van der Waals surface area contributed by atoms with E-state index in [0.717, 1.165) is 66.5 Å². The Kier molecular flexibility index (Phi) is 7.00. The first-order valence-electron chi connectivity index (χ1n) is 11.8. The van der Waals surface area contributed by atoms with Gasteiger partial charge in [0.2, 0.25) is 0 Å². The number of aromatic nitrogens is 3. The molecule has 1 aliphatic carbocycles. The number of fused-ring (bicyclic) bond motifs is 1. The molecule has 2 aromatic heterocycles. The summed E-state index contributed by atoms with van der Waals surface area (Å²) in [7, 11) is 0. The van der Waals surface area contributed by atoms with Crippen LogP contribution in [0.4, 0.5) is 0 Å². The van der Waals surface area contributed by atoms with E-state index in [0.29, 0.717) is 16.6 Å². The minimum Gasteiger partial charge on any atom is -0.391 e. The fraction of sp³-hybridized carbons (Fsp3) is 0.407. The second-order valence-electron chi connectivity index (χ2n) is 8.70. The van der Waals surface area contributed by atoms with Crippen LogP contribution in [-0.2, 0) is 12.8 Å². The van der Waals surface area contributed by atoms with Gasteiger partial charge in [-0.15, -0.1) is 0 Å². The van der Waals surface area contributed by atoms with Gasteiger partial charge in [0.15, 0.2) is 0 Å². The van der Waals surface area contributed by atoms with Crippen LogP contribution >= 0.6 is 0 Å². The van der Waals surface area contributed by atoms with Gasteiger partial charge in [0.1, 0.15) is 11.8 Å². The molecular weight excluding hydrogens is 412 g/mol. The molecule has 0 saturated heterocycles. The molecule has 0 bridgehead atoms. The molecule has 6 heteroatoms. The molecule has 1 aromatic carbocycles. The maximum Gasteiger partial charge on any atom is 0.261 e. The highest BCUT2D eigenvalue weighted by molar-refractivity contribution is 5.80. The zero-order valence-electron chi connectivity index (χ0n) is 19.3. The van der Waals surface area contributed by atoms with Crippen LogP contribution in [0, 0.1) is 11.3 Å². The minimum atomic E-state index is -0.510. The topological polar surface area (TPSA) is 91.8 Å². The van der Waals surface area contributed by atoms with Crippen LogP contribution in [-0.4, -0.2) is 25.7 Å². The molecule has 1 aliphatic rings. The van der Waals surface area contributed by atoms with Gasteiger partial charge in [-0.3, -0.25) is 9.36 Å². The molecule has 1 fully saturated rings. The van der Waals surface area contributed by atoms with Crippen molar-refractivity contribution in [1.82, 2.24) is 14.5 Å². The van der Waals surface area contributed by atoms with E-state index in [1.54, 1.807) is 23.2 Å². The minimum absolute atomic E-state index is 0.0848. The normalized spacial score (nSPS) is 19.7. The molecule has 0 spiro atoms. The number of hydrogen-bond donors (Lipinski definition) is 1. The van der Waals surface area contributed by atoms with Gasteiger partial charge >= 0.3 is 0 Å². The average Bonchev–Trinajstić information content (AvgIpc) is 2.84. The van der Waals surface area contributed by atoms with Crippen molar-refractivity contribution in [1.29, 1.82) is 5.26 Å². The van der Waals surface area contributed by atoms with Gasteiger partial charge in [-0.1, -0.05) is 38.0 Å². The van der Waals surface area contributed by atoms with Crippen LogP contribution in [0.2, 0.25) is 0 Å². The number of aryl methyl sites for hydroxylation is 2. The highest BCUT2D eigenvalue weighted by atomic mass is 16.3. The lowest BCUT2D eigenvalue weighted by atomic mass is 9.92. The Labute approximate surface area is 193 Å². The number of nitrogens with zero attached hydrogens (tertiary/aromatic N) is 4. The van der Waals surface area contributed by atoms with Crippen LogP contribution in [0.15, 0.2) is 35.5 Å². The number of benzene rings is 1. The smallest absolute Gasteiger partial charge is 0.261 e. The molecule has 2 atom stereocenters. The summed E-state index contributed by atoms with van der Waals surface area (Å²) < 4.78 is 1.64. The van der Waals surface area contributed by atoms with Crippen molar-refractivity contribution >= 4 is 23.1 Å². The van der Waals surface area contributed by atoms with Crippen LogP contribution in [0.5, 0.6) is 0 Å². The molecular formula is C27H30N4O2. The standard InChI is InChI=1S/C27H30N4O2/c1-3-7-22-19(12-10-18-11-13-20(15-28)29-16-18)14-23-26(21(22)4-2)30-17-31(27(23)33)24-8-5-6-9-25(24)32/h4,7,11,13-14,16-17,24-25,32H,3,5-6,8-10,12H2,1-2H3. The molecule has 2 heterocycles. The van der Waals surface area contributed by atoms with Gasteiger partial charge < -0.3 is 5.11 Å². The first-order valence-corrected chi connectivity index (χ1v) is 11.8.